The fourth-order valence-corrected chi connectivity index (χ4v) is 9.99. The smallest absolute Gasteiger partial charge is 0.171 e. The van der Waals surface area contributed by atoms with E-state index in [-0.39, 0.29) is 19.7 Å². The van der Waals surface area contributed by atoms with Crippen molar-refractivity contribution in [3.8, 4) is 0 Å². The fourth-order valence-electron chi connectivity index (χ4n) is 8.73. The average molecular weight is 510 g/mol. The molecule has 1 spiro atoms. The second-order valence-corrected chi connectivity index (χ2v) is 13.6. The predicted molar refractivity (Wildman–Crippen MR) is 147 cm³/mol. The van der Waals surface area contributed by atoms with Gasteiger partial charge in [0.1, 0.15) is 0 Å². The lowest BCUT2D eigenvalue weighted by molar-refractivity contribution is -0.208. The molecule has 1 saturated heterocycles. The first-order valence-electron chi connectivity index (χ1n) is 13.6. The molecule has 4 aliphatic carbocycles. The number of hydrogen-bond acceptors (Lipinski definition) is 5. The molecule has 2 N–H and O–H groups in total. The van der Waals surface area contributed by atoms with Crippen molar-refractivity contribution in [3.63, 3.8) is 0 Å². The van der Waals surface area contributed by atoms with Crippen LogP contribution in [-0.2, 0) is 9.47 Å². The summed E-state index contributed by atoms with van der Waals surface area (Å²) in [7, 11) is 4.69. The van der Waals surface area contributed by atoms with Gasteiger partial charge in [-0.15, -0.1) is 0 Å². The molecule has 1 aliphatic heterocycles. The second kappa shape index (κ2) is 9.09. The molecule has 0 amide bonds. The predicted octanol–water partition coefficient (Wildman–Crippen LogP) is 4.64. The summed E-state index contributed by atoms with van der Waals surface area (Å²) in [5.74, 6) is 0.556. The summed E-state index contributed by atoms with van der Waals surface area (Å²) in [4.78, 5) is 2.14. The van der Waals surface area contributed by atoms with Crippen molar-refractivity contribution in [2.75, 3.05) is 38.9 Å². The molecule has 5 aliphatic rings. The summed E-state index contributed by atoms with van der Waals surface area (Å²) < 4.78 is 12.1. The summed E-state index contributed by atoms with van der Waals surface area (Å²) in [5.41, 5.74) is 4.36. The minimum absolute atomic E-state index is 0. The van der Waals surface area contributed by atoms with Gasteiger partial charge in [-0.2, -0.15) is 0 Å². The van der Waals surface area contributed by atoms with Crippen molar-refractivity contribution < 1.29 is 19.7 Å². The van der Waals surface area contributed by atoms with Gasteiger partial charge in [0.05, 0.1) is 24.2 Å². The summed E-state index contributed by atoms with van der Waals surface area (Å²) in [6.07, 6.45) is 6.95. The molecule has 3 radical (unpaired) electrons. The van der Waals surface area contributed by atoms with E-state index < -0.39 is 16.7 Å². The van der Waals surface area contributed by atoms with Gasteiger partial charge in [-0.25, -0.2) is 0 Å². The van der Waals surface area contributed by atoms with Crippen LogP contribution >= 0.6 is 8.58 Å². The Hall–Kier alpha value is -0.905. The van der Waals surface area contributed by atoms with Crippen molar-refractivity contribution in [1.82, 2.24) is 0 Å². The van der Waals surface area contributed by atoms with E-state index >= 15 is 0 Å². The monoisotopic (exact) mass is 510 g/mol. The number of allylic oxidation sites excluding steroid dienone is 1. The minimum atomic E-state index is -0.842. The molecule has 5 nitrogen and oxygen atoms in total. The van der Waals surface area contributed by atoms with Crippen LogP contribution in [0.4, 0.5) is 5.69 Å². The molecule has 6 rings (SSSR count). The van der Waals surface area contributed by atoms with E-state index in [0.717, 1.165) is 44.9 Å². The van der Waals surface area contributed by atoms with Gasteiger partial charge in [0.25, 0.3) is 0 Å². The largest absolute Gasteiger partial charge is 0.385 e. The van der Waals surface area contributed by atoms with Crippen LogP contribution in [0, 0.1) is 17.3 Å². The van der Waals surface area contributed by atoms with E-state index in [4.69, 9.17) is 9.47 Å². The van der Waals surface area contributed by atoms with Gasteiger partial charge in [0.15, 0.2) is 5.79 Å². The molecule has 1 unspecified atom stereocenters. The van der Waals surface area contributed by atoms with E-state index in [1.807, 2.05) is 0 Å². The molecule has 3 saturated carbocycles. The molecular formula is C29H42BNO4P. The fraction of sp³-hybridized carbons (Fsp3) is 0.724. The third kappa shape index (κ3) is 3.77. The first-order valence-corrected chi connectivity index (χ1v) is 15.1. The lowest BCUT2D eigenvalue weighted by Crippen LogP contribution is -2.54. The third-order valence-corrected chi connectivity index (χ3v) is 12.3. The number of fused-ring (bicyclic) bond motifs is 4. The Bertz CT molecular complexity index is 1020. The van der Waals surface area contributed by atoms with Gasteiger partial charge < -0.3 is 24.6 Å². The summed E-state index contributed by atoms with van der Waals surface area (Å²) in [6.45, 7) is 5.81. The molecule has 195 valence electrons. The van der Waals surface area contributed by atoms with Gasteiger partial charge in [-0.05, 0) is 80.3 Å². The summed E-state index contributed by atoms with van der Waals surface area (Å²) >= 11 is 0. The minimum Gasteiger partial charge on any atom is -0.385 e. The highest BCUT2D eigenvalue weighted by Crippen LogP contribution is 2.70. The average Bonchev–Trinajstić information content (AvgIpc) is 3.39. The van der Waals surface area contributed by atoms with Crippen molar-refractivity contribution >= 4 is 22.7 Å². The number of aliphatic hydroxyl groups is 2. The van der Waals surface area contributed by atoms with Crippen LogP contribution < -0.4 is 4.90 Å². The first-order chi connectivity index (χ1) is 16.6. The number of benzene rings is 1. The molecule has 7 atom stereocenters. The first kappa shape index (κ1) is 26.7. The van der Waals surface area contributed by atoms with E-state index in [1.165, 1.54) is 22.4 Å². The highest BCUT2D eigenvalue weighted by Gasteiger charge is 2.64. The van der Waals surface area contributed by atoms with Crippen molar-refractivity contribution in [3.05, 3.63) is 41.0 Å². The topological polar surface area (TPSA) is 62.2 Å². The third-order valence-electron chi connectivity index (χ3n) is 10.6. The maximum Gasteiger partial charge on any atom is 0.171 e. The molecule has 0 bridgehead atoms. The van der Waals surface area contributed by atoms with Gasteiger partial charge in [-0.3, -0.25) is 0 Å². The van der Waals surface area contributed by atoms with Crippen LogP contribution in [0.5, 0.6) is 0 Å². The van der Waals surface area contributed by atoms with Gasteiger partial charge in [-0.1, -0.05) is 33.2 Å². The van der Waals surface area contributed by atoms with Gasteiger partial charge in [0.2, 0.25) is 0 Å². The SMILES string of the molecule is CP[C@]1(O)CC[C@H]2[C@@H]3CC[C@@]4(O)CC5(CCC4=C3[C@@H](c3ccc(N(C)C)cc3)C[C@@]21C)OCCO5.[B]. The normalized spacial score (nSPS) is 41.2. The van der Waals surface area contributed by atoms with E-state index in [0.29, 0.717) is 40.1 Å². The summed E-state index contributed by atoms with van der Waals surface area (Å²) in [6, 6.07) is 9.02. The number of hydrogen-bond donors (Lipinski definition) is 2. The van der Waals surface area contributed by atoms with E-state index in [9.17, 15) is 10.2 Å². The van der Waals surface area contributed by atoms with E-state index in [1.54, 1.807) is 0 Å². The molecule has 1 heterocycles. The zero-order valence-corrected chi connectivity index (χ0v) is 23.3. The molecule has 0 aromatic heterocycles. The Balaban J connectivity index is 0.00000267. The number of rotatable bonds is 3. The number of anilines is 1. The Morgan fingerprint density at radius 1 is 1.00 bits per heavy atom. The van der Waals surface area contributed by atoms with Crippen LogP contribution in [0.2, 0.25) is 0 Å². The van der Waals surface area contributed by atoms with Crippen LogP contribution in [0.15, 0.2) is 35.4 Å². The Kier molecular flexibility index (Phi) is 6.74. The maximum absolute atomic E-state index is 12.1. The molecule has 36 heavy (non-hydrogen) atoms. The van der Waals surface area contributed by atoms with Gasteiger partial charge in [0, 0.05) is 52.4 Å². The van der Waals surface area contributed by atoms with Crippen LogP contribution in [-0.4, -0.2) is 69.3 Å². The van der Waals surface area contributed by atoms with Crippen molar-refractivity contribution in [2.24, 2.45) is 17.3 Å². The Labute approximate surface area is 220 Å². The van der Waals surface area contributed by atoms with Crippen LogP contribution in [0.25, 0.3) is 0 Å². The lowest BCUT2D eigenvalue weighted by Gasteiger charge is -2.57. The van der Waals surface area contributed by atoms with Crippen molar-refractivity contribution in [1.29, 1.82) is 0 Å². The number of nitrogens with zero attached hydrogens (tertiary/aromatic N) is 1. The quantitative estimate of drug-likeness (QED) is 0.353. The molecule has 1 aromatic carbocycles. The summed E-state index contributed by atoms with van der Waals surface area (Å²) in [5, 5.41) is 23.4. The molecule has 1 aromatic rings. The van der Waals surface area contributed by atoms with Crippen molar-refractivity contribution in [2.45, 2.75) is 80.9 Å². The molecular weight excluding hydrogens is 468 g/mol. The van der Waals surface area contributed by atoms with Crippen LogP contribution in [0.3, 0.4) is 0 Å². The van der Waals surface area contributed by atoms with Crippen LogP contribution in [0.1, 0.15) is 69.8 Å². The number of ether oxygens (including phenoxy) is 2. The highest BCUT2D eigenvalue weighted by molar-refractivity contribution is 7.38. The Morgan fingerprint density at radius 2 is 1.69 bits per heavy atom. The second-order valence-electron chi connectivity index (χ2n) is 12.3. The van der Waals surface area contributed by atoms with Gasteiger partial charge >= 0.3 is 0 Å². The standard InChI is InChI=1S/C29H42NO4P.B/c1-26-17-22(19-5-7-20(8-6-19)30(2)3)25-21(23(26)11-14-29(26,32)35-4)9-12-27(31)18-28(13-10-24(25)27)33-15-16-34-28;/h5-8,21-23,31-32,35H,9-18H2,1-4H3;/t21-,22+,23-,26-,27+,29+;/m0./s1. The highest BCUT2D eigenvalue weighted by atomic mass is 31.1. The zero-order chi connectivity index (χ0) is 24.6. The zero-order valence-electron chi connectivity index (χ0n) is 22.3. The maximum atomic E-state index is 12.1. The lowest BCUT2D eigenvalue weighted by atomic mass is 9.51. The Morgan fingerprint density at radius 3 is 2.33 bits per heavy atom. The van der Waals surface area contributed by atoms with E-state index in [2.05, 4.69) is 56.8 Å². The molecule has 7 heteroatoms. The molecule has 4 fully saturated rings.